The molecule has 0 spiro atoms. The Hall–Kier alpha value is -2.61. The maximum Gasteiger partial charge on any atom is 0.384 e. The highest BCUT2D eigenvalue weighted by Crippen LogP contribution is 2.20. The number of esters is 3. The van der Waals surface area contributed by atoms with Crippen LogP contribution in [0.15, 0.2) is 18.2 Å². The number of fused-ring (bicyclic) bond motifs is 1. The zero-order chi connectivity index (χ0) is 13.1. The van der Waals surface area contributed by atoms with Gasteiger partial charge in [0.2, 0.25) is 0 Å². The molecule has 5 nitrogen and oxygen atoms in total. The summed E-state index contributed by atoms with van der Waals surface area (Å²) in [6.45, 7) is 1.93. The molecule has 0 saturated heterocycles. The van der Waals surface area contributed by atoms with Crippen molar-refractivity contribution >= 4 is 17.9 Å². The molecule has 0 atom stereocenters. The van der Waals surface area contributed by atoms with Crippen molar-refractivity contribution in [1.82, 2.24) is 0 Å². The third kappa shape index (κ3) is 2.23. The van der Waals surface area contributed by atoms with Gasteiger partial charge in [-0.05, 0) is 25.1 Å². The summed E-state index contributed by atoms with van der Waals surface area (Å²) < 4.78 is 9.07. The van der Waals surface area contributed by atoms with E-state index in [4.69, 9.17) is 0 Å². The molecule has 5 heteroatoms. The van der Waals surface area contributed by atoms with Gasteiger partial charge in [-0.3, -0.25) is 0 Å². The summed E-state index contributed by atoms with van der Waals surface area (Å²) in [5.41, 5.74) is 0.811. The van der Waals surface area contributed by atoms with Crippen LogP contribution in [0.1, 0.15) is 33.2 Å². The van der Waals surface area contributed by atoms with Gasteiger partial charge >= 0.3 is 17.9 Å². The van der Waals surface area contributed by atoms with Gasteiger partial charge in [-0.15, -0.1) is 0 Å². The summed E-state index contributed by atoms with van der Waals surface area (Å²) in [6, 6.07) is 4.39. The van der Waals surface area contributed by atoms with Crippen LogP contribution in [0.3, 0.4) is 0 Å². The molecule has 1 aliphatic heterocycles. The summed E-state index contributed by atoms with van der Waals surface area (Å²) >= 11 is 0. The van der Waals surface area contributed by atoms with E-state index in [1.165, 1.54) is 18.2 Å². The molecule has 1 heterocycles. The van der Waals surface area contributed by atoms with Gasteiger partial charge in [0.05, 0.1) is 17.7 Å². The second kappa shape index (κ2) is 4.72. The third-order valence-electron chi connectivity index (χ3n) is 2.23. The Kier molecular flexibility index (Phi) is 3.11. The number of hydrogen-bond donors (Lipinski definition) is 0. The molecule has 0 unspecified atom stereocenters. The van der Waals surface area contributed by atoms with E-state index in [-0.39, 0.29) is 17.7 Å². The molecule has 1 aromatic carbocycles. The topological polar surface area (TPSA) is 69.7 Å². The maximum absolute atomic E-state index is 11.3. The molecule has 90 valence electrons. The smallest absolute Gasteiger partial charge is 0.384 e. The van der Waals surface area contributed by atoms with Crippen molar-refractivity contribution < 1.29 is 23.9 Å². The van der Waals surface area contributed by atoms with E-state index in [1.807, 2.05) is 0 Å². The van der Waals surface area contributed by atoms with Gasteiger partial charge in [-0.1, -0.05) is 5.92 Å². The number of cyclic esters (lactones) is 2. The van der Waals surface area contributed by atoms with Crippen molar-refractivity contribution in [2.45, 2.75) is 6.92 Å². The average Bonchev–Trinajstić information content (AvgIpc) is 2.63. The molecule has 0 aromatic heterocycles. The third-order valence-corrected chi connectivity index (χ3v) is 2.23. The van der Waals surface area contributed by atoms with Crippen molar-refractivity contribution in [3.63, 3.8) is 0 Å². The van der Waals surface area contributed by atoms with Gasteiger partial charge in [-0.2, -0.15) is 0 Å². The molecule has 0 fully saturated rings. The first-order valence-corrected chi connectivity index (χ1v) is 5.21. The fraction of sp³-hybridized carbons (Fsp3) is 0.154. The Morgan fingerprint density at radius 1 is 1.28 bits per heavy atom. The molecule has 18 heavy (non-hydrogen) atoms. The first-order chi connectivity index (χ1) is 8.61. The SMILES string of the molecule is CCOC(=O)C#Cc1ccc2c(c1)C(=O)OC2=O. The highest BCUT2D eigenvalue weighted by atomic mass is 16.6. The van der Waals surface area contributed by atoms with Crippen LogP contribution in [0, 0.1) is 11.8 Å². The van der Waals surface area contributed by atoms with E-state index >= 15 is 0 Å². The van der Waals surface area contributed by atoms with Crippen LogP contribution in [0.5, 0.6) is 0 Å². The summed E-state index contributed by atoms with van der Waals surface area (Å²) in [5, 5.41) is 0. The van der Waals surface area contributed by atoms with E-state index in [9.17, 15) is 14.4 Å². The van der Waals surface area contributed by atoms with Crippen molar-refractivity contribution in [2.75, 3.05) is 6.61 Å². The van der Waals surface area contributed by atoms with Crippen LogP contribution in [-0.4, -0.2) is 24.5 Å². The van der Waals surface area contributed by atoms with E-state index in [0.29, 0.717) is 5.56 Å². The van der Waals surface area contributed by atoms with Crippen molar-refractivity contribution in [3.8, 4) is 11.8 Å². The van der Waals surface area contributed by atoms with E-state index in [1.54, 1.807) is 6.92 Å². The highest BCUT2D eigenvalue weighted by molar-refractivity contribution is 6.14. The summed E-state index contributed by atoms with van der Waals surface area (Å²) in [5.74, 6) is 2.81. The van der Waals surface area contributed by atoms with Crippen LogP contribution >= 0.6 is 0 Å². The van der Waals surface area contributed by atoms with Gasteiger partial charge in [0.1, 0.15) is 0 Å². The lowest BCUT2D eigenvalue weighted by molar-refractivity contribution is -0.136. The summed E-state index contributed by atoms with van der Waals surface area (Å²) in [6.07, 6.45) is 0. The van der Waals surface area contributed by atoms with Gasteiger partial charge in [0.25, 0.3) is 0 Å². The maximum atomic E-state index is 11.3. The Balaban J connectivity index is 2.28. The van der Waals surface area contributed by atoms with Crippen LogP contribution in [0.2, 0.25) is 0 Å². The number of hydrogen-bond acceptors (Lipinski definition) is 5. The number of carbonyl (C=O) groups excluding carboxylic acids is 3. The highest BCUT2D eigenvalue weighted by Gasteiger charge is 2.29. The molecule has 1 aliphatic rings. The lowest BCUT2D eigenvalue weighted by Gasteiger charge is -1.94. The second-order valence-electron chi connectivity index (χ2n) is 3.41. The number of rotatable bonds is 1. The Bertz CT molecular complexity index is 604. The Morgan fingerprint density at radius 3 is 2.72 bits per heavy atom. The van der Waals surface area contributed by atoms with Crippen molar-refractivity contribution in [1.29, 1.82) is 0 Å². The van der Waals surface area contributed by atoms with Gasteiger partial charge in [0.15, 0.2) is 0 Å². The number of carbonyl (C=O) groups is 3. The molecule has 2 rings (SSSR count). The minimum absolute atomic E-state index is 0.163. The lowest BCUT2D eigenvalue weighted by Crippen LogP contribution is -1.99. The predicted octanol–water partition coefficient (Wildman–Crippen LogP) is 0.912. The largest absolute Gasteiger partial charge is 0.456 e. The van der Waals surface area contributed by atoms with E-state index < -0.39 is 17.9 Å². The molecule has 0 N–H and O–H groups in total. The first kappa shape index (κ1) is 11.9. The van der Waals surface area contributed by atoms with Crippen LogP contribution in [0.25, 0.3) is 0 Å². The summed E-state index contributed by atoms with van der Waals surface area (Å²) in [7, 11) is 0. The van der Waals surface area contributed by atoms with Crippen molar-refractivity contribution in [3.05, 3.63) is 34.9 Å². The minimum atomic E-state index is -0.699. The normalized spacial score (nSPS) is 12.3. The number of benzene rings is 1. The standard InChI is InChI=1S/C13H8O5/c1-2-17-11(14)6-4-8-3-5-9-10(7-8)13(16)18-12(9)15/h3,5,7H,2H2,1H3. The average molecular weight is 244 g/mol. The Morgan fingerprint density at radius 2 is 2.00 bits per heavy atom. The van der Waals surface area contributed by atoms with Crippen LogP contribution in [0.4, 0.5) is 0 Å². The molecule has 0 saturated carbocycles. The fourth-order valence-electron chi connectivity index (χ4n) is 1.45. The van der Waals surface area contributed by atoms with Gasteiger partial charge in [-0.25, -0.2) is 14.4 Å². The first-order valence-electron chi connectivity index (χ1n) is 5.21. The molecule has 0 aliphatic carbocycles. The Labute approximate surface area is 103 Å². The van der Waals surface area contributed by atoms with Crippen molar-refractivity contribution in [2.24, 2.45) is 0 Å². The number of ether oxygens (including phenoxy) is 2. The molecule has 0 amide bonds. The molecular formula is C13H8O5. The zero-order valence-corrected chi connectivity index (χ0v) is 9.48. The van der Waals surface area contributed by atoms with E-state index in [2.05, 4.69) is 21.3 Å². The van der Waals surface area contributed by atoms with Gasteiger partial charge in [0, 0.05) is 11.5 Å². The molecule has 0 radical (unpaired) electrons. The fourth-order valence-corrected chi connectivity index (χ4v) is 1.45. The van der Waals surface area contributed by atoms with Crippen LogP contribution < -0.4 is 0 Å². The van der Waals surface area contributed by atoms with E-state index in [0.717, 1.165) is 0 Å². The predicted molar refractivity (Wildman–Crippen MR) is 59.7 cm³/mol. The lowest BCUT2D eigenvalue weighted by atomic mass is 10.1. The van der Waals surface area contributed by atoms with Gasteiger partial charge < -0.3 is 9.47 Å². The summed E-state index contributed by atoms with van der Waals surface area (Å²) in [4.78, 5) is 33.5. The minimum Gasteiger partial charge on any atom is -0.456 e. The zero-order valence-electron chi connectivity index (χ0n) is 9.48. The van der Waals surface area contributed by atoms with Crippen LogP contribution in [-0.2, 0) is 14.3 Å². The quantitative estimate of drug-likeness (QED) is 0.417. The molecule has 1 aromatic rings. The monoisotopic (exact) mass is 244 g/mol. The molecular weight excluding hydrogens is 236 g/mol. The second-order valence-corrected chi connectivity index (χ2v) is 3.41. The molecule has 0 bridgehead atoms.